The van der Waals surface area contributed by atoms with E-state index in [4.69, 9.17) is 5.73 Å². The Morgan fingerprint density at radius 3 is 2.35 bits per heavy atom. The number of anilines is 2. The van der Waals surface area contributed by atoms with Crippen molar-refractivity contribution in [3.8, 4) is 0 Å². The minimum atomic E-state index is -3.75. The van der Waals surface area contributed by atoms with Crippen LogP contribution in [-0.2, 0) is 10.0 Å². The zero-order valence-corrected chi connectivity index (χ0v) is 12.0. The molecule has 106 valence electrons. The van der Waals surface area contributed by atoms with Gasteiger partial charge in [0.2, 0.25) is 0 Å². The maximum atomic E-state index is 13.4. The van der Waals surface area contributed by atoms with E-state index in [9.17, 15) is 12.8 Å². The fourth-order valence-corrected chi connectivity index (χ4v) is 2.82. The smallest absolute Gasteiger partial charge is 0.261 e. The van der Waals surface area contributed by atoms with Gasteiger partial charge in [0.15, 0.2) is 0 Å². The first kappa shape index (κ1) is 14.3. The highest BCUT2D eigenvalue weighted by atomic mass is 32.2. The number of hydrogen-bond acceptors (Lipinski definition) is 3. The van der Waals surface area contributed by atoms with Crippen molar-refractivity contribution in [2.75, 3.05) is 10.5 Å². The second kappa shape index (κ2) is 5.13. The molecule has 0 saturated carbocycles. The number of hydrogen-bond donors (Lipinski definition) is 2. The lowest BCUT2D eigenvalue weighted by Crippen LogP contribution is -2.13. The highest BCUT2D eigenvalue weighted by Gasteiger charge is 2.15. The SMILES string of the molecule is Cc1cc(S(=O)(=O)Nc2ccc(C)c(F)c2)ccc1N. The molecule has 0 unspecified atom stereocenters. The van der Waals surface area contributed by atoms with E-state index < -0.39 is 15.8 Å². The van der Waals surface area contributed by atoms with Crippen LogP contribution in [0.3, 0.4) is 0 Å². The van der Waals surface area contributed by atoms with Crippen LogP contribution in [0.5, 0.6) is 0 Å². The topological polar surface area (TPSA) is 72.2 Å². The fourth-order valence-electron chi connectivity index (χ4n) is 1.69. The maximum absolute atomic E-state index is 13.4. The Morgan fingerprint density at radius 2 is 1.75 bits per heavy atom. The third-order valence-corrected chi connectivity index (χ3v) is 4.35. The van der Waals surface area contributed by atoms with Crippen molar-refractivity contribution >= 4 is 21.4 Å². The van der Waals surface area contributed by atoms with Crippen molar-refractivity contribution in [1.82, 2.24) is 0 Å². The second-order valence-corrected chi connectivity index (χ2v) is 6.27. The molecule has 20 heavy (non-hydrogen) atoms. The number of nitrogens with one attached hydrogen (secondary N) is 1. The van der Waals surface area contributed by atoms with Crippen molar-refractivity contribution in [2.24, 2.45) is 0 Å². The molecule has 0 spiro atoms. The van der Waals surface area contributed by atoms with Crippen LogP contribution >= 0.6 is 0 Å². The zero-order chi connectivity index (χ0) is 14.9. The van der Waals surface area contributed by atoms with E-state index in [1.165, 1.54) is 30.3 Å². The van der Waals surface area contributed by atoms with E-state index in [1.807, 2.05) is 0 Å². The molecule has 0 aromatic heterocycles. The number of nitrogen functional groups attached to an aromatic ring is 1. The van der Waals surface area contributed by atoms with E-state index in [2.05, 4.69) is 4.72 Å². The first-order valence-electron chi connectivity index (χ1n) is 5.95. The van der Waals surface area contributed by atoms with E-state index in [-0.39, 0.29) is 10.6 Å². The summed E-state index contributed by atoms with van der Waals surface area (Å²) in [4.78, 5) is 0.0881. The van der Waals surface area contributed by atoms with Crippen LogP contribution in [0.15, 0.2) is 41.3 Å². The standard InChI is InChI=1S/C14H15FN2O2S/c1-9-3-4-11(8-13(9)15)17-20(18,19)12-5-6-14(16)10(2)7-12/h3-8,17H,16H2,1-2H3. The van der Waals surface area contributed by atoms with Crippen LogP contribution in [-0.4, -0.2) is 8.42 Å². The minimum Gasteiger partial charge on any atom is -0.399 e. The van der Waals surface area contributed by atoms with E-state index in [0.29, 0.717) is 16.8 Å². The van der Waals surface area contributed by atoms with Gasteiger partial charge in [-0.2, -0.15) is 0 Å². The first-order chi connectivity index (χ1) is 9.29. The molecule has 0 saturated heterocycles. The number of benzene rings is 2. The Labute approximate surface area is 117 Å². The molecule has 0 aliphatic rings. The Kier molecular flexibility index (Phi) is 3.67. The monoisotopic (exact) mass is 294 g/mol. The summed E-state index contributed by atoms with van der Waals surface area (Å²) in [5.41, 5.74) is 7.48. The minimum absolute atomic E-state index is 0.0881. The van der Waals surface area contributed by atoms with Gasteiger partial charge < -0.3 is 5.73 Å². The lowest BCUT2D eigenvalue weighted by Gasteiger charge is -2.10. The molecule has 4 nitrogen and oxygen atoms in total. The van der Waals surface area contributed by atoms with Gasteiger partial charge in [-0.25, -0.2) is 12.8 Å². The molecule has 0 aliphatic heterocycles. The van der Waals surface area contributed by atoms with Crippen LogP contribution in [0.25, 0.3) is 0 Å². The van der Waals surface area contributed by atoms with Crippen molar-refractivity contribution in [3.63, 3.8) is 0 Å². The molecule has 0 radical (unpaired) electrons. The maximum Gasteiger partial charge on any atom is 0.261 e. The molecule has 3 N–H and O–H groups in total. The molecular weight excluding hydrogens is 279 g/mol. The van der Waals surface area contributed by atoms with Crippen molar-refractivity contribution in [1.29, 1.82) is 0 Å². The van der Waals surface area contributed by atoms with E-state index in [0.717, 1.165) is 6.07 Å². The van der Waals surface area contributed by atoms with Gasteiger partial charge in [0, 0.05) is 5.69 Å². The number of sulfonamides is 1. The third-order valence-electron chi connectivity index (χ3n) is 2.98. The second-order valence-electron chi connectivity index (χ2n) is 4.59. The number of halogens is 1. The number of rotatable bonds is 3. The van der Waals surface area contributed by atoms with E-state index in [1.54, 1.807) is 13.8 Å². The lowest BCUT2D eigenvalue weighted by atomic mass is 10.2. The highest BCUT2D eigenvalue weighted by molar-refractivity contribution is 7.92. The van der Waals surface area contributed by atoms with Crippen LogP contribution in [0.2, 0.25) is 0 Å². The molecule has 0 atom stereocenters. The molecule has 0 fully saturated rings. The van der Waals surface area contributed by atoms with Crippen LogP contribution in [0, 0.1) is 19.7 Å². The number of nitrogens with two attached hydrogens (primary N) is 1. The van der Waals surface area contributed by atoms with Crippen LogP contribution < -0.4 is 10.5 Å². The summed E-state index contributed by atoms with van der Waals surface area (Å²) in [6, 6.07) is 8.59. The van der Waals surface area contributed by atoms with E-state index >= 15 is 0 Å². The number of aryl methyl sites for hydroxylation is 2. The summed E-state index contributed by atoms with van der Waals surface area (Å²) in [5.74, 6) is -0.460. The van der Waals surface area contributed by atoms with Crippen molar-refractivity contribution in [2.45, 2.75) is 18.7 Å². The van der Waals surface area contributed by atoms with Gasteiger partial charge in [-0.1, -0.05) is 6.07 Å². The average Bonchev–Trinajstić information content (AvgIpc) is 2.37. The zero-order valence-electron chi connectivity index (χ0n) is 11.1. The molecule has 0 aliphatic carbocycles. The summed E-state index contributed by atoms with van der Waals surface area (Å²) in [6.07, 6.45) is 0. The van der Waals surface area contributed by atoms with Gasteiger partial charge in [0.1, 0.15) is 5.82 Å². The molecule has 6 heteroatoms. The van der Waals surface area contributed by atoms with Gasteiger partial charge in [-0.15, -0.1) is 0 Å². The largest absolute Gasteiger partial charge is 0.399 e. The molecule has 0 bridgehead atoms. The molecule has 2 aromatic rings. The van der Waals surface area contributed by atoms with Crippen LogP contribution in [0.4, 0.5) is 15.8 Å². The molecule has 0 amide bonds. The highest BCUT2D eigenvalue weighted by Crippen LogP contribution is 2.21. The Bertz CT molecular complexity index is 758. The Hall–Kier alpha value is -2.08. The van der Waals surface area contributed by atoms with Gasteiger partial charge in [-0.3, -0.25) is 4.72 Å². The first-order valence-corrected chi connectivity index (χ1v) is 7.43. The molecule has 2 rings (SSSR count). The Balaban J connectivity index is 2.35. The normalized spacial score (nSPS) is 11.3. The van der Waals surface area contributed by atoms with Gasteiger partial charge in [-0.05, 0) is 55.3 Å². The summed E-state index contributed by atoms with van der Waals surface area (Å²) in [5, 5.41) is 0. The summed E-state index contributed by atoms with van der Waals surface area (Å²) in [7, 11) is -3.75. The molecule has 2 aromatic carbocycles. The van der Waals surface area contributed by atoms with Gasteiger partial charge in [0.25, 0.3) is 10.0 Å². The van der Waals surface area contributed by atoms with Gasteiger partial charge >= 0.3 is 0 Å². The lowest BCUT2D eigenvalue weighted by molar-refractivity contribution is 0.601. The predicted octanol–water partition coefficient (Wildman–Crippen LogP) is 2.83. The average molecular weight is 294 g/mol. The molecule has 0 heterocycles. The quantitative estimate of drug-likeness (QED) is 0.855. The Morgan fingerprint density at radius 1 is 1.05 bits per heavy atom. The predicted molar refractivity (Wildman–Crippen MR) is 77.5 cm³/mol. The van der Waals surface area contributed by atoms with Crippen molar-refractivity contribution in [3.05, 3.63) is 53.3 Å². The van der Waals surface area contributed by atoms with Crippen molar-refractivity contribution < 1.29 is 12.8 Å². The molecular formula is C14H15FN2O2S. The van der Waals surface area contributed by atoms with Crippen LogP contribution in [0.1, 0.15) is 11.1 Å². The summed E-state index contributed by atoms with van der Waals surface area (Å²) >= 11 is 0. The van der Waals surface area contributed by atoms with Gasteiger partial charge in [0.05, 0.1) is 10.6 Å². The summed E-state index contributed by atoms with van der Waals surface area (Å²) < 4.78 is 40.1. The summed E-state index contributed by atoms with van der Waals surface area (Å²) in [6.45, 7) is 3.33. The third kappa shape index (κ3) is 2.91. The fraction of sp³-hybridized carbons (Fsp3) is 0.143.